The molecule has 1 fully saturated rings. The van der Waals surface area contributed by atoms with Crippen LogP contribution in [0.25, 0.3) is 10.9 Å². The second-order valence-electron chi connectivity index (χ2n) is 4.85. The number of nitrogens with zero attached hydrogens (tertiary/aromatic N) is 1. The Labute approximate surface area is 104 Å². The molecule has 0 aliphatic heterocycles. The zero-order valence-electron chi connectivity index (χ0n) is 10.2. The van der Waals surface area contributed by atoms with Crippen LogP contribution in [0, 0.1) is 5.92 Å². The van der Waals surface area contributed by atoms with Gasteiger partial charge in [0.05, 0.1) is 10.9 Å². The fourth-order valence-electron chi connectivity index (χ4n) is 2.28. The third kappa shape index (κ3) is 1.92. The van der Waals surface area contributed by atoms with Crippen molar-refractivity contribution in [1.29, 1.82) is 0 Å². The van der Waals surface area contributed by atoms with E-state index in [1.54, 1.807) is 18.2 Å². The Balaban J connectivity index is 1.95. The predicted molar refractivity (Wildman–Crippen MR) is 72.6 cm³/mol. The van der Waals surface area contributed by atoms with Gasteiger partial charge in [0.1, 0.15) is 0 Å². The number of rotatable bonds is 3. The molecule has 2 atom stereocenters. The van der Waals surface area contributed by atoms with Crippen LogP contribution >= 0.6 is 0 Å². The van der Waals surface area contributed by atoms with Crippen molar-refractivity contribution in [3.05, 3.63) is 28.6 Å². The average molecular weight is 244 g/mol. The fraction of sp³-hybridized carbons (Fsp3) is 0.385. The van der Waals surface area contributed by atoms with E-state index in [2.05, 4.69) is 22.2 Å². The van der Waals surface area contributed by atoms with Crippen molar-refractivity contribution in [2.24, 2.45) is 5.92 Å². The molecule has 1 aromatic carbocycles. The van der Waals surface area contributed by atoms with Crippen LogP contribution in [0.1, 0.15) is 19.8 Å². The van der Waals surface area contributed by atoms with E-state index in [9.17, 15) is 4.79 Å². The highest BCUT2D eigenvalue weighted by Gasteiger charge is 2.35. The van der Waals surface area contributed by atoms with Gasteiger partial charge < -0.3 is 11.1 Å². The summed E-state index contributed by atoms with van der Waals surface area (Å²) in [5.74, 6) is 1.26. The van der Waals surface area contributed by atoms with Crippen molar-refractivity contribution in [1.82, 2.24) is 9.97 Å². The number of H-pyrrole nitrogens is 1. The quantitative estimate of drug-likeness (QED) is 0.718. The molecule has 5 heteroatoms. The summed E-state index contributed by atoms with van der Waals surface area (Å²) in [5, 5.41) is 3.80. The van der Waals surface area contributed by atoms with Crippen molar-refractivity contribution in [3.8, 4) is 0 Å². The largest absolute Gasteiger partial charge is 0.399 e. The average Bonchev–Trinajstić information content (AvgIpc) is 3.09. The number of nitrogens with one attached hydrogen (secondary N) is 2. The van der Waals surface area contributed by atoms with Gasteiger partial charge >= 0.3 is 0 Å². The lowest BCUT2D eigenvalue weighted by atomic mass is 10.2. The lowest BCUT2D eigenvalue weighted by Gasteiger charge is -2.05. The molecule has 1 saturated carbocycles. The van der Waals surface area contributed by atoms with Crippen molar-refractivity contribution < 1.29 is 0 Å². The monoisotopic (exact) mass is 244 g/mol. The Morgan fingerprint density at radius 1 is 1.56 bits per heavy atom. The van der Waals surface area contributed by atoms with Gasteiger partial charge in [-0.1, -0.05) is 13.3 Å². The molecule has 18 heavy (non-hydrogen) atoms. The van der Waals surface area contributed by atoms with Gasteiger partial charge in [0.2, 0.25) is 5.95 Å². The van der Waals surface area contributed by atoms with Crippen LogP contribution in [-0.4, -0.2) is 16.0 Å². The van der Waals surface area contributed by atoms with E-state index < -0.39 is 0 Å². The van der Waals surface area contributed by atoms with Crippen molar-refractivity contribution >= 4 is 22.5 Å². The lowest BCUT2D eigenvalue weighted by Crippen LogP contribution is -2.15. The normalized spacial score (nSPS) is 22.1. The van der Waals surface area contributed by atoms with Gasteiger partial charge in [-0.2, -0.15) is 0 Å². The molecule has 2 aromatic rings. The summed E-state index contributed by atoms with van der Waals surface area (Å²) < 4.78 is 0. The van der Waals surface area contributed by atoms with Crippen molar-refractivity contribution in [3.63, 3.8) is 0 Å². The first kappa shape index (κ1) is 11.1. The van der Waals surface area contributed by atoms with E-state index in [-0.39, 0.29) is 5.56 Å². The third-order valence-corrected chi connectivity index (χ3v) is 3.50. The van der Waals surface area contributed by atoms with Gasteiger partial charge in [-0.15, -0.1) is 0 Å². The Hall–Kier alpha value is -2.04. The van der Waals surface area contributed by atoms with E-state index >= 15 is 0 Å². The number of nitrogens with two attached hydrogens (primary N) is 1. The van der Waals surface area contributed by atoms with Crippen LogP contribution in [0.4, 0.5) is 11.6 Å². The minimum atomic E-state index is -0.150. The Morgan fingerprint density at radius 2 is 2.39 bits per heavy atom. The number of fused-ring (bicyclic) bond motifs is 1. The lowest BCUT2D eigenvalue weighted by molar-refractivity contribution is 0.771. The number of hydrogen-bond acceptors (Lipinski definition) is 4. The first-order chi connectivity index (χ1) is 8.67. The smallest absolute Gasteiger partial charge is 0.260 e. The Morgan fingerprint density at radius 3 is 3.11 bits per heavy atom. The highest BCUT2D eigenvalue weighted by atomic mass is 16.1. The van der Waals surface area contributed by atoms with E-state index in [0.717, 1.165) is 12.8 Å². The molecular formula is C13H16N4O. The predicted octanol–water partition coefficient (Wildman–Crippen LogP) is 1.72. The highest BCUT2D eigenvalue weighted by molar-refractivity contribution is 5.81. The standard InChI is InChI=1S/C13H16N4O/c1-2-7-5-11(7)16-13-15-10-4-3-8(14)6-9(10)12(18)17-13/h3-4,6-7,11H,2,5,14H2,1H3,(H2,15,16,17,18). The van der Waals surface area contributed by atoms with Crippen LogP contribution in [0.2, 0.25) is 0 Å². The summed E-state index contributed by atoms with van der Waals surface area (Å²) >= 11 is 0. The summed E-state index contributed by atoms with van der Waals surface area (Å²) in [6.07, 6.45) is 2.31. The van der Waals surface area contributed by atoms with Gasteiger partial charge in [-0.05, 0) is 30.5 Å². The third-order valence-electron chi connectivity index (χ3n) is 3.50. The SMILES string of the molecule is CCC1CC1Nc1nc2ccc(N)cc2c(=O)[nH]1. The van der Waals surface area contributed by atoms with Gasteiger partial charge in [-0.3, -0.25) is 9.78 Å². The second kappa shape index (κ2) is 4.01. The molecule has 1 aromatic heterocycles. The molecule has 0 radical (unpaired) electrons. The zero-order valence-corrected chi connectivity index (χ0v) is 10.2. The van der Waals surface area contributed by atoms with Crippen LogP contribution < -0.4 is 16.6 Å². The highest BCUT2D eigenvalue weighted by Crippen LogP contribution is 2.35. The first-order valence-electron chi connectivity index (χ1n) is 6.23. The number of aromatic nitrogens is 2. The van der Waals surface area contributed by atoms with Gasteiger partial charge in [0, 0.05) is 11.7 Å². The van der Waals surface area contributed by atoms with Gasteiger partial charge in [0.15, 0.2) is 0 Å². The molecule has 1 heterocycles. The zero-order chi connectivity index (χ0) is 12.7. The Bertz CT molecular complexity index is 649. The maximum Gasteiger partial charge on any atom is 0.260 e. The molecule has 94 valence electrons. The number of aromatic amines is 1. The van der Waals surface area contributed by atoms with Crippen molar-refractivity contribution in [2.75, 3.05) is 11.1 Å². The number of anilines is 2. The fourth-order valence-corrected chi connectivity index (χ4v) is 2.28. The minimum absolute atomic E-state index is 0.150. The topological polar surface area (TPSA) is 83.8 Å². The van der Waals surface area contributed by atoms with E-state index in [4.69, 9.17) is 5.73 Å². The van der Waals surface area contributed by atoms with Gasteiger partial charge in [-0.25, -0.2) is 4.98 Å². The molecule has 0 saturated heterocycles. The summed E-state index contributed by atoms with van der Waals surface area (Å²) in [5.41, 5.74) is 6.76. The maximum atomic E-state index is 11.9. The van der Waals surface area contributed by atoms with Crippen LogP contribution in [0.5, 0.6) is 0 Å². The molecule has 5 nitrogen and oxygen atoms in total. The Kier molecular flexibility index (Phi) is 2.47. The number of benzene rings is 1. The number of hydrogen-bond donors (Lipinski definition) is 3. The van der Waals surface area contributed by atoms with Crippen LogP contribution in [0.3, 0.4) is 0 Å². The molecule has 0 amide bonds. The second-order valence-corrected chi connectivity index (χ2v) is 4.85. The molecule has 2 unspecified atom stereocenters. The maximum absolute atomic E-state index is 11.9. The van der Waals surface area contributed by atoms with Gasteiger partial charge in [0.25, 0.3) is 5.56 Å². The van der Waals surface area contributed by atoms with Crippen LogP contribution in [-0.2, 0) is 0 Å². The summed E-state index contributed by atoms with van der Waals surface area (Å²) in [7, 11) is 0. The summed E-state index contributed by atoms with van der Waals surface area (Å²) in [6.45, 7) is 2.17. The molecular weight excluding hydrogens is 228 g/mol. The van der Waals surface area contributed by atoms with E-state index in [1.165, 1.54) is 0 Å². The van der Waals surface area contributed by atoms with Crippen molar-refractivity contribution in [2.45, 2.75) is 25.8 Å². The van der Waals surface area contributed by atoms with E-state index in [1.807, 2.05) is 0 Å². The number of nitrogen functional groups attached to an aromatic ring is 1. The van der Waals surface area contributed by atoms with Crippen LogP contribution in [0.15, 0.2) is 23.0 Å². The molecule has 1 aliphatic rings. The molecule has 0 bridgehead atoms. The van der Waals surface area contributed by atoms with E-state index in [0.29, 0.717) is 34.5 Å². The molecule has 3 rings (SSSR count). The summed E-state index contributed by atoms with van der Waals surface area (Å²) in [6, 6.07) is 5.63. The molecule has 4 N–H and O–H groups in total. The first-order valence-corrected chi connectivity index (χ1v) is 6.23. The summed E-state index contributed by atoms with van der Waals surface area (Å²) in [4.78, 5) is 19.1. The molecule has 1 aliphatic carbocycles. The molecule has 0 spiro atoms. The minimum Gasteiger partial charge on any atom is -0.399 e.